The number of piperidine rings is 1. The maximum absolute atomic E-state index is 13.0. The number of amides is 1. The van der Waals surface area contributed by atoms with E-state index in [2.05, 4.69) is 15.5 Å². The third kappa shape index (κ3) is 4.82. The second-order valence-electron chi connectivity index (χ2n) is 7.59. The highest BCUT2D eigenvalue weighted by Gasteiger charge is 2.24. The Kier molecular flexibility index (Phi) is 6.02. The molecule has 0 N–H and O–H groups in total. The Morgan fingerprint density at radius 3 is 2.63 bits per heavy atom. The zero-order valence-corrected chi connectivity index (χ0v) is 16.9. The topological polar surface area (TPSA) is 73.1 Å². The normalized spacial score (nSPS) is 16.5. The largest absolute Gasteiger partial charge is 0.493 e. The van der Waals surface area contributed by atoms with Crippen LogP contribution in [0.25, 0.3) is 5.69 Å². The maximum atomic E-state index is 13.0. The Morgan fingerprint density at radius 1 is 1.17 bits per heavy atom. The first-order chi connectivity index (χ1) is 14.6. The minimum Gasteiger partial charge on any atom is -0.493 e. The van der Waals surface area contributed by atoms with Gasteiger partial charge in [0.15, 0.2) is 5.82 Å². The molecule has 3 aromatic rings. The van der Waals surface area contributed by atoms with Crippen LogP contribution in [-0.2, 0) is 11.2 Å². The van der Waals surface area contributed by atoms with Gasteiger partial charge in [0, 0.05) is 19.0 Å². The number of tetrazole rings is 1. The summed E-state index contributed by atoms with van der Waals surface area (Å²) in [5.41, 5.74) is 1.82. The lowest BCUT2D eigenvalue weighted by molar-refractivity contribution is -0.132. The van der Waals surface area contributed by atoms with E-state index in [-0.39, 0.29) is 17.6 Å². The van der Waals surface area contributed by atoms with Crippen LogP contribution in [0.15, 0.2) is 48.5 Å². The molecule has 1 atom stereocenters. The van der Waals surface area contributed by atoms with Gasteiger partial charge in [-0.1, -0.05) is 12.1 Å². The zero-order valence-electron chi connectivity index (χ0n) is 16.9. The molecule has 1 fully saturated rings. The molecule has 2 heterocycles. The van der Waals surface area contributed by atoms with Crippen molar-refractivity contribution >= 4 is 5.91 Å². The fourth-order valence-electron chi connectivity index (χ4n) is 3.68. The van der Waals surface area contributed by atoms with Crippen LogP contribution in [0.3, 0.4) is 0 Å². The number of aryl methyl sites for hydroxylation is 1. The Labute approximate surface area is 174 Å². The van der Waals surface area contributed by atoms with Crippen molar-refractivity contribution in [2.75, 3.05) is 19.7 Å². The number of carbonyl (C=O) groups excluding carboxylic acids is 1. The molecule has 7 nitrogen and oxygen atoms in total. The summed E-state index contributed by atoms with van der Waals surface area (Å²) in [5.74, 6) is 1.47. The molecule has 0 saturated carbocycles. The summed E-state index contributed by atoms with van der Waals surface area (Å²) in [4.78, 5) is 14.7. The number of hydrogen-bond donors (Lipinski definition) is 0. The lowest BCUT2D eigenvalue weighted by Gasteiger charge is -2.32. The predicted octanol–water partition coefficient (Wildman–Crippen LogP) is 2.97. The van der Waals surface area contributed by atoms with Gasteiger partial charge in [-0.3, -0.25) is 4.79 Å². The number of benzene rings is 2. The summed E-state index contributed by atoms with van der Waals surface area (Å²) in [6, 6.07) is 13.7. The van der Waals surface area contributed by atoms with Gasteiger partial charge in [-0.2, -0.15) is 4.68 Å². The van der Waals surface area contributed by atoms with E-state index >= 15 is 0 Å². The van der Waals surface area contributed by atoms with E-state index in [1.807, 2.05) is 36.1 Å². The molecule has 1 amide bonds. The van der Waals surface area contributed by atoms with Gasteiger partial charge in [-0.05, 0) is 72.2 Å². The molecular formula is C22H24FN5O2. The molecule has 1 aliphatic rings. The first-order valence-electron chi connectivity index (χ1n) is 10.1. The molecule has 0 aliphatic carbocycles. The second-order valence-corrected chi connectivity index (χ2v) is 7.59. The van der Waals surface area contributed by atoms with Crippen LogP contribution >= 0.6 is 0 Å². The van der Waals surface area contributed by atoms with Crippen LogP contribution in [0.1, 0.15) is 24.2 Å². The van der Waals surface area contributed by atoms with E-state index in [1.54, 1.807) is 16.8 Å². The molecule has 156 valence electrons. The fraction of sp³-hybridized carbons (Fsp3) is 0.364. The van der Waals surface area contributed by atoms with E-state index < -0.39 is 0 Å². The number of ether oxygens (including phenoxy) is 1. The Balaban J connectivity index is 1.30. The van der Waals surface area contributed by atoms with E-state index in [1.165, 1.54) is 12.1 Å². The molecule has 0 radical (unpaired) electrons. The summed E-state index contributed by atoms with van der Waals surface area (Å²) in [5, 5.41) is 11.5. The van der Waals surface area contributed by atoms with Crippen LogP contribution in [-0.4, -0.2) is 50.7 Å². The number of likely N-dealkylation sites (tertiary alicyclic amines) is 1. The molecular weight excluding hydrogens is 385 g/mol. The summed E-state index contributed by atoms with van der Waals surface area (Å²) in [7, 11) is 0. The first kappa shape index (κ1) is 20.0. The molecule has 0 bridgehead atoms. The molecule has 4 rings (SSSR count). The van der Waals surface area contributed by atoms with Crippen molar-refractivity contribution in [1.82, 2.24) is 25.1 Å². The first-order valence-corrected chi connectivity index (χ1v) is 10.1. The molecule has 8 heteroatoms. The molecule has 0 spiro atoms. The third-order valence-electron chi connectivity index (χ3n) is 5.33. The average molecular weight is 409 g/mol. The van der Waals surface area contributed by atoms with Crippen LogP contribution in [0.5, 0.6) is 5.75 Å². The summed E-state index contributed by atoms with van der Waals surface area (Å²) in [6.45, 7) is 3.81. The molecule has 30 heavy (non-hydrogen) atoms. The van der Waals surface area contributed by atoms with E-state index in [0.717, 1.165) is 30.6 Å². The lowest BCUT2D eigenvalue weighted by atomic mass is 9.98. The van der Waals surface area contributed by atoms with Gasteiger partial charge in [0.25, 0.3) is 0 Å². The smallest absolute Gasteiger partial charge is 0.227 e. The fourth-order valence-corrected chi connectivity index (χ4v) is 3.68. The van der Waals surface area contributed by atoms with Gasteiger partial charge in [-0.15, -0.1) is 5.10 Å². The monoisotopic (exact) mass is 409 g/mol. The predicted molar refractivity (Wildman–Crippen MR) is 109 cm³/mol. The Morgan fingerprint density at radius 2 is 1.93 bits per heavy atom. The van der Waals surface area contributed by atoms with Gasteiger partial charge in [0.2, 0.25) is 5.91 Å². The third-order valence-corrected chi connectivity index (χ3v) is 5.33. The molecule has 0 unspecified atom stereocenters. The maximum Gasteiger partial charge on any atom is 0.227 e. The van der Waals surface area contributed by atoms with Crippen LogP contribution < -0.4 is 4.74 Å². The van der Waals surface area contributed by atoms with E-state index in [0.29, 0.717) is 31.1 Å². The Bertz CT molecular complexity index is 988. The van der Waals surface area contributed by atoms with Crippen molar-refractivity contribution in [2.45, 2.75) is 26.2 Å². The van der Waals surface area contributed by atoms with Crippen LogP contribution in [0.4, 0.5) is 4.39 Å². The van der Waals surface area contributed by atoms with Gasteiger partial charge >= 0.3 is 0 Å². The van der Waals surface area contributed by atoms with Gasteiger partial charge in [0.1, 0.15) is 11.6 Å². The number of nitrogens with zero attached hydrogens (tertiary/aromatic N) is 5. The van der Waals surface area contributed by atoms with Crippen molar-refractivity contribution in [3.8, 4) is 11.4 Å². The highest BCUT2D eigenvalue weighted by Crippen LogP contribution is 2.20. The highest BCUT2D eigenvalue weighted by atomic mass is 19.1. The van der Waals surface area contributed by atoms with Crippen LogP contribution in [0.2, 0.25) is 0 Å². The molecule has 2 aromatic carbocycles. The quantitative estimate of drug-likeness (QED) is 0.626. The average Bonchev–Trinajstić information content (AvgIpc) is 3.20. The van der Waals surface area contributed by atoms with Crippen molar-refractivity contribution in [3.63, 3.8) is 0 Å². The molecule has 1 aliphatic heterocycles. The Hall–Kier alpha value is -3.29. The van der Waals surface area contributed by atoms with E-state index in [9.17, 15) is 9.18 Å². The van der Waals surface area contributed by atoms with Gasteiger partial charge in [0.05, 0.1) is 18.7 Å². The summed E-state index contributed by atoms with van der Waals surface area (Å²) < 4.78 is 20.4. The minimum atomic E-state index is -0.280. The number of hydrogen-bond acceptors (Lipinski definition) is 5. The zero-order chi connectivity index (χ0) is 20.9. The number of aromatic nitrogens is 4. The van der Waals surface area contributed by atoms with E-state index in [4.69, 9.17) is 4.74 Å². The standard InChI is InChI=1S/C22H24FN5O2/c1-16-24-25-26-28(16)20-8-4-17(5-9-20)13-22(29)27-12-2-3-18(14-27)15-30-21-10-6-19(23)7-11-21/h4-11,18H,2-3,12-15H2,1H3/t18-/m1/s1. The van der Waals surface area contributed by atoms with Crippen molar-refractivity contribution in [3.05, 3.63) is 65.7 Å². The number of carbonyl (C=O) groups is 1. The summed E-state index contributed by atoms with van der Waals surface area (Å²) in [6.07, 6.45) is 2.34. The number of halogens is 1. The van der Waals surface area contributed by atoms with Crippen molar-refractivity contribution < 1.29 is 13.9 Å². The van der Waals surface area contributed by atoms with Crippen LogP contribution in [0, 0.1) is 18.7 Å². The highest BCUT2D eigenvalue weighted by molar-refractivity contribution is 5.79. The second kappa shape index (κ2) is 9.02. The lowest BCUT2D eigenvalue weighted by Crippen LogP contribution is -2.42. The van der Waals surface area contributed by atoms with Gasteiger partial charge in [-0.25, -0.2) is 4.39 Å². The minimum absolute atomic E-state index is 0.118. The van der Waals surface area contributed by atoms with Crippen molar-refractivity contribution in [2.24, 2.45) is 5.92 Å². The van der Waals surface area contributed by atoms with Gasteiger partial charge < -0.3 is 9.64 Å². The SMILES string of the molecule is Cc1nnnn1-c1ccc(CC(=O)N2CCC[C@@H](COc3ccc(F)cc3)C2)cc1. The molecule has 1 saturated heterocycles. The molecule has 1 aromatic heterocycles. The summed E-state index contributed by atoms with van der Waals surface area (Å²) >= 11 is 0. The van der Waals surface area contributed by atoms with Crippen molar-refractivity contribution in [1.29, 1.82) is 0 Å². The number of rotatable bonds is 6.